The molecule has 0 spiro atoms. The minimum absolute atomic E-state index is 0.0626. The van der Waals surface area contributed by atoms with Gasteiger partial charge in [-0.05, 0) is 6.07 Å². The van der Waals surface area contributed by atoms with Crippen LogP contribution in [0.2, 0.25) is 0 Å². The SMILES string of the molecule is Cn1ncc2c(SCC(=O)Nc3ccccc3[N+](=O)[O-])ncnc21. The highest BCUT2D eigenvalue weighted by Gasteiger charge is 2.16. The van der Waals surface area contributed by atoms with Gasteiger partial charge < -0.3 is 5.32 Å². The molecule has 9 nitrogen and oxygen atoms in total. The number of thioether (sulfide) groups is 1. The third-order valence-electron chi connectivity index (χ3n) is 3.21. The Bertz CT molecular complexity index is 926. The fourth-order valence-electron chi connectivity index (χ4n) is 2.11. The number of rotatable bonds is 5. The molecule has 1 amide bonds. The van der Waals surface area contributed by atoms with Crippen molar-refractivity contribution in [2.75, 3.05) is 11.1 Å². The Morgan fingerprint density at radius 3 is 2.96 bits per heavy atom. The molecular formula is C14H12N6O3S. The summed E-state index contributed by atoms with van der Waals surface area (Å²) in [4.78, 5) is 30.8. The van der Waals surface area contributed by atoms with Gasteiger partial charge in [-0.3, -0.25) is 19.6 Å². The lowest BCUT2D eigenvalue weighted by atomic mass is 10.2. The summed E-state index contributed by atoms with van der Waals surface area (Å²) >= 11 is 1.22. The molecule has 3 rings (SSSR count). The maximum absolute atomic E-state index is 12.1. The van der Waals surface area contributed by atoms with Crippen LogP contribution < -0.4 is 5.32 Å². The molecule has 0 atom stereocenters. The number of aromatic nitrogens is 4. The van der Waals surface area contributed by atoms with Crippen molar-refractivity contribution in [2.24, 2.45) is 7.05 Å². The number of aryl methyl sites for hydroxylation is 1. The maximum atomic E-state index is 12.1. The first-order valence-electron chi connectivity index (χ1n) is 6.85. The lowest BCUT2D eigenvalue weighted by Crippen LogP contribution is -2.15. The molecule has 0 radical (unpaired) electrons. The largest absolute Gasteiger partial charge is 0.320 e. The van der Waals surface area contributed by atoms with Crippen LogP contribution in [0.5, 0.6) is 0 Å². The lowest BCUT2D eigenvalue weighted by Gasteiger charge is -2.06. The number of nitrogens with one attached hydrogen (secondary N) is 1. The minimum atomic E-state index is -0.535. The number of benzene rings is 1. The summed E-state index contributed by atoms with van der Waals surface area (Å²) in [6.45, 7) is 0. The molecule has 0 saturated heterocycles. The van der Waals surface area contributed by atoms with Crippen LogP contribution in [-0.2, 0) is 11.8 Å². The van der Waals surface area contributed by atoms with Gasteiger partial charge in [-0.25, -0.2) is 9.97 Å². The maximum Gasteiger partial charge on any atom is 0.292 e. The molecule has 3 aromatic rings. The van der Waals surface area contributed by atoms with Gasteiger partial charge >= 0.3 is 0 Å². The number of carbonyl (C=O) groups is 1. The second kappa shape index (κ2) is 6.62. The smallest absolute Gasteiger partial charge is 0.292 e. The van der Waals surface area contributed by atoms with E-state index in [-0.39, 0.29) is 23.0 Å². The van der Waals surface area contributed by atoms with Crippen LogP contribution in [0.15, 0.2) is 41.8 Å². The van der Waals surface area contributed by atoms with Crippen molar-refractivity contribution in [3.63, 3.8) is 0 Å². The van der Waals surface area contributed by atoms with Crippen LogP contribution in [0.4, 0.5) is 11.4 Å². The summed E-state index contributed by atoms with van der Waals surface area (Å²) in [6.07, 6.45) is 3.05. The van der Waals surface area contributed by atoms with Crippen molar-refractivity contribution in [3.05, 3.63) is 46.9 Å². The van der Waals surface area contributed by atoms with Gasteiger partial charge in [0, 0.05) is 13.1 Å². The molecule has 24 heavy (non-hydrogen) atoms. The number of carbonyl (C=O) groups excluding carboxylic acids is 1. The first-order chi connectivity index (χ1) is 11.6. The van der Waals surface area contributed by atoms with E-state index in [1.165, 1.54) is 30.2 Å². The van der Waals surface area contributed by atoms with Crippen LogP contribution in [0.25, 0.3) is 11.0 Å². The summed E-state index contributed by atoms with van der Waals surface area (Å²) in [5, 5.41) is 19.0. The highest BCUT2D eigenvalue weighted by atomic mass is 32.2. The number of fused-ring (bicyclic) bond motifs is 1. The molecule has 0 bridgehead atoms. The molecule has 2 heterocycles. The Morgan fingerprint density at radius 2 is 2.17 bits per heavy atom. The monoisotopic (exact) mass is 344 g/mol. The van der Waals surface area contributed by atoms with Gasteiger partial charge in [-0.15, -0.1) is 0 Å². The average molecular weight is 344 g/mol. The van der Waals surface area contributed by atoms with Gasteiger partial charge in [0.05, 0.1) is 22.3 Å². The molecule has 0 fully saturated rings. The molecule has 0 aliphatic heterocycles. The second-order valence-corrected chi connectivity index (χ2v) is 5.76. The molecule has 1 aromatic carbocycles. The number of hydrogen-bond donors (Lipinski definition) is 1. The topological polar surface area (TPSA) is 116 Å². The van der Waals surface area contributed by atoms with E-state index in [2.05, 4.69) is 20.4 Å². The van der Waals surface area contributed by atoms with Crippen molar-refractivity contribution >= 4 is 40.1 Å². The zero-order valence-corrected chi connectivity index (χ0v) is 13.4. The number of nitrogens with zero attached hydrogens (tertiary/aromatic N) is 5. The predicted octanol–water partition coefficient (Wildman–Crippen LogP) is 2.00. The standard InChI is InChI=1S/C14H12N6O3S/c1-19-13-9(6-17-19)14(16-8-15-13)24-7-12(21)18-10-4-2-3-5-11(10)20(22)23/h2-6,8H,7H2,1H3,(H,18,21). The molecule has 122 valence electrons. The number of para-hydroxylation sites is 2. The fourth-order valence-corrected chi connectivity index (χ4v) is 2.88. The Kier molecular flexibility index (Phi) is 4.38. The van der Waals surface area contributed by atoms with E-state index in [1.54, 1.807) is 30.1 Å². The van der Waals surface area contributed by atoms with Crippen molar-refractivity contribution in [1.29, 1.82) is 0 Å². The van der Waals surface area contributed by atoms with Gasteiger partial charge in [-0.1, -0.05) is 23.9 Å². The molecule has 0 unspecified atom stereocenters. The van der Waals surface area contributed by atoms with Crippen LogP contribution >= 0.6 is 11.8 Å². The quantitative estimate of drug-likeness (QED) is 0.326. The molecule has 10 heteroatoms. The number of anilines is 1. The average Bonchev–Trinajstić information content (AvgIpc) is 2.95. The highest BCUT2D eigenvalue weighted by Crippen LogP contribution is 2.26. The van der Waals surface area contributed by atoms with Crippen molar-refractivity contribution in [2.45, 2.75) is 5.03 Å². The zero-order chi connectivity index (χ0) is 17.1. The molecule has 1 N–H and O–H groups in total. The van der Waals surface area contributed by atoms with Crippen LogP contribution in [0, 0.1) is 10.1 Å². The first-order valence-corrected chi connectivity index (χ1v) is 7.83. The Hall–Kier alpha value is -3.01. The van der Waals surface area contributed by atoms with Gasteiger partial charge in [0.2, 0.25) is 5.91 Å². The molecule has 2 aromatic heterocycles. The van der Waals surface area contributed by atoms with E-state index in [9.17, 15) is 14.9 Å². The van der Waals surface area contributed by atoms with Gasteiger partial charge in [0.25, 0.3) is 5.69 Å². The van der Waals surface area contributed by atoms with Crippen molar-refractivity contribution < 1.29 is 9.72 Å². The molecular weight excluding hydrogens is 332 g/mol. The van der Waals surface area contributed by atoms with Crippen LogP contribution in [0.3, 0.4) is 0 Å². The van der Waals surface area contributed by atoms with Gasteiger partial charge in [0.1, 0.15) is 17.0 Å². The lowest BCUT2D eigenvalue weighted by molar-refractivity contribution is -0.383. The Balaban J connectivity index is 1.71. The van der Waals surface area contributed by atoms with E-state index in [0.29, 0.717) is 10.7 Å². The number of hydrogen-bond acceptors (Lipinski definition) is 7. The Labute approximate surface area is 140 Å². The summed E-state index contributed by atoms with van der Waals surface area (Å²) in [7, 11) is 1.77. The second-order valence-electron chi connectivity index (χ2n) is 4.80. The minimum Gasteiger partial charge on any atom is -0.320 e. The summed E-state index contributed by atoms with van der Waals surface area (Å²) < 4.78 is 1.62. The van der Waals surface area contributed by atoms with E-state index in [0.717, 1.165) is 5.39 Å². The third-order valence-corrected chi connectivity index (χ3v) is 4.21. The van der Waals surface area contributed by atoms with E-state index in [4.69, 9.17) is 0 Å². The van der Waals surface area contributed by atoms with Crippen molar-refractivity contribution in [3.8, 4) is 0 Å². The van der Waals surface area contributed by atoms with Gasteiger partial charge in [-0.2, -0.15) is 5.10 Å². The van der Waals surface area contributed by atoms with Crippen LogP contribution in [-0.4, -0.2) is 36.3 Å². The van der Waals surface area contributed by atoms with E-state index < -0.39 is 4.92 Å². The third kappa shape index (κ3) is 3.18. The van der Waals surface area contributed by atoms with Crippen LogP contribution in [0.1, 0.15) is 0 Å². The summed E-state index contributed by atoms with van der Waals surface area (Å²) in [5.41, 5.74) is 0.696. The Morgan fingerprint density at radius 1 is 1.38 bits per heavy atom. The van der Waals surface area contributed by atoms with Crippen molar-refractivity contribution in [1.82, 2.24) is 19.7 Å². The highest BCUT2D eigenvalue weighted by molar-refractivity contribution is 8.00. The van der Waals surface area contributed by atoms with E-state index >= 15 is 0 Å². The molecule has 0 saturated carbocycles. The van der Waals surface area contributed by atoms with Gasteiger partial charge in [0.15, 0.2) is 5.65 Å². The molecule has 0 aliphatic rings. The number of amides is 1. The molecule has 0 aliphatic carbocycles. The number of nitro benzene ring substituents is 1. The van der Waals surface area contributed by atoms with E-state index in [1.807, 2.05) is 0 Å². The fraction of sp³-hybridized carbons (Fsp3) is 0.143. The normalized spacial score (nSPS) is 10.7. The summed E-state index contributed by atoms with van der Waals surface area (Å²) in [5.74, 6) is -0.294. The summed E-state index contributed by atoms with van der Waals surface area (Å²) in [6, 6.07) is 6.00. The number of nitro groups is 1. The first kappa shape index (κ1) is 15.9. The zero-order valence-electron chi connectivity index (χ0n) is 12.5. The predicted molar refractivity (Wildman–Crippen MR) is 88.8 cm³/mol.